The van der Waals surface area contributed by atoms with Crippen LogP contribution in [0.2, 0.25) is 0 Å². The number of carbonyl (C=O) groups excluding carboxylic acids is 1. The lowest BCUT2D eigenvalue weighted by Crippen LogP contribution is -2.16. The van der Waals surface area contributed by atoms with Crippen LogP contribution in [0.1, 0.15) is 96.8 Å². The van der Waals surface area contributed by atoms with Gasteiger partial charge in [0.05, 0.1) is 19.4 Å². The van der Waals surface area contributed by atoms with E-state index in [9.17, 15) is 14.3 Å². The van der Waals surface area contributed by atoms with Crippen LogP contribution in [0.15, 0.2) is 0 Å². The zero-order chi connectivity index (χ0) is 19.1. The summed E-state index contributed by atoms with van der Waals surface area (Å²) in [6.45, 7) is 2.66. The van der Waals surface area contributed by atoms with E-state index >= 15 is 0 Å². The molecule has 1 rings (SSSR count). The molecule has 154 valence electrons. The summed E-state index contributed by atoms with van der Waals surface area (Å²) in [6, 6.07) is 0. The fourth-order valence-electron chi connectivity index (χ4n) is 3.32. The van der Waals surface area contributed by atoms with E-state index < -0.39 is 7.60 Å². The molecule has 1 aliphatic rings. The van der Waals surface area contributed by atoms with Crippen LogP contribution in [-0.4, -0.2) is 30.2 Å². The normalized spacial score (nSPS) is 22.6. The predicted molar refractivity (Wildman–Crippen MR) is 105 cm³/mol. The lowest BCUT2D eigenvalue weighted by Gasteiger charge is -2.08. The maximum atomic E-state index is 11.7. The van der Waals surface area contributed by atoms with Crippen molar-refractivity contribution in [3.63, 3.8) is 0 Å². The van der Waals surface area contributed by atoms with Gasteiger partial charge < -0.3 is 14.2 Å². The molecule has 0 aromatic carbocycles. The monoisotopic (exact) mass is 390 g/mol. The zero-order valence-electron chi connectivity index (χ0n) is 16.6. The van der Waals surface area contributed by atoms with Gasteiger partial charge in [0.2, 0.25) is 0 Å². The molecule has 0 aromatic rings. The molecule has 0 bridgehead atoms. The maximum Gasteiger partial charge on any atom is 0.328 e. The largest absolute Gasteiger partial charge is 0.465 e. The number of unbranched alkanes of at least 4 members (excludes halogenated alkanes) is 12. The van der Waals surface area contributed by atoms with Crippen molar-refractivity contribution in [3.8, 4) is 0 Å². The molecule has 0 radical (unpaired) electrons. The highest BCUT2D eigenvalue weighted by molar-refractivity contribution is 7.53. The number of carbonyl (C=O) groups is 1. The summed E-state index contributed by atoms with van der Waals surface area (Å²) in [6.07, 6.45) is 17.2. The lowest BCUT2D eigenvalue weighted by molar-refractivity contribution is -0.145. The van der Waals surface area contributed by atoms with Gasteiger partial charge in [-0.3, -0.25) is 9.36 Å². The molecule has 1 saturated heterocycles. The Morgan fingerprint density at radius 2 is 1.46 bits per heavy atom. The fraction of sp³-hybridized carbons (Fsp3) is 0.950. The van der Waals surface area contributed by atoms with E-state index in [-0.39, 0.29) is 31.3 Å². The van der Waals surface area contributed by atoms with Gasteiger partial charge in [0.1, 0.15) is 0 Å². The Hall–Kier alpha value is -0.380. The van der Waals surface area contributed by atoms with E-state index in [1.165, 1.54) is 70.6 Å². The molecule has 1 aliphatic heterocycles. The van der Waals surface area contributed by atoms with Gasteiger partial charge in [0.15, 0.2) is 0 Å². The highest BCUT2D eigenvalue weighted by atomic mass is 31.2. The van der Waals surface area contributed by atoms with Gasteiger partial charge in [-0.1, -0.05) is 84.0 Å². The smallest absolute Gasteiger partial charge is 0.328 e. The number of ether oxygens (including phenoxy) is 1. The van der Waals surface area contributed by atoms with E-state index in [1.807, 2.05) is 0 Å². The van der Waals surface area contributed by atoms with Crippen LogP contribution in [-0.2, 0) is 18.6 Å². The molecule has 0 aromatic heterocycles. The Bertz CT molecular complexity index is 413. The molecule has 1 heterocycles. The summed E-state index contributed by atoms with van der Waals surface area (Å²) >= 11 is 0. The Kier molecular flexibility index (Phi) is 13.3. The van der Waals surface area contributed by atoms with Gasteiger partial charge in [-0.05, 0) is 6.42 Å². The second kappa shape index (κ2) is 14.6. The summed E-state index contributed by atoms with van der Waals surface area (Å²) in [5.74, 6) is -0.339. The minimum Gasteiger partial charge on any atom is -0.465 e. The first-order valence-electron chi connectivity index (χ1n) is 10.7. The van der Waals surface area contributed by atoms with Gasteiger partial charge in [-0.25, -0.2) is 0 Å². The van der Waals surface area contributed by atoms with Crippen LogP contribution < -0.4 is 0 Å². The number of rotatable bonds is 16. The highest BCUT2D eigenvalue weighted by Gasteiger charge is 2.34. The Balaban J connectivity index is 1.80. The first-order chi connectivity index (χ1) is 12.5. The molecular weight excluding hydrogens is 351 g/mol. The van der Waals surface area contributed by atoms with Crippen molar-refractivity contribution in [3.05, 3.63) is 0 Å². The molecule has 26 heavy (non-hydrogen) atoms. The van der Waals surface area contributed by atoms with Gasteiger partial charge >= 0.3 is 13.6 Å². The third-order valence-corrected chi connectivity index (χ3v) is 6.50. The number of hydrogen-bond donors (Lipinski definition) is 1. The van der Waals surface area contributed by atoms with Crippen LogP contribution >= 0.6 is 7.60 Å². The summed E-state index contributed by atoms with van der Waals surface area (Å²) in [7, 11) is -3.40. The molecule has 1 fully saturated rings. The summed E-state index contributed by atoms with van der Waals surface area (Å²) in [5, 5.41) is 0. The van der Waals surface area contributed by atoms with Crippen LogP contribution in [0.3, 0.4) is 0 Å². The van der Waals surface area contributed by atoms with Gasteiger partial charge in [0, 0.05) is 12.3 Å². The molecule has 5 nitrogen and oxygen atoms in total. The SMILES string of the molecule is CCCCCCCCCCCCCCCC(=O)OCC1COP(=O)(O)C1. The van der Waals surface area contributed by atoms with Crippen molar-refractivity contribution >= 4 is 13.6 Å². The lowest BCUT2D eigenvalue weighted by atomic mass is 10.0. The molecule has 2 atom stereocenters. The van der Waals surface area contributed by atoms with E-state index in [1.54, 1.807) is 0 Å². The standard InChI is InChI=1S/C20H39O5P/c1-2-3-4-5-6-7-8-9-10-11-12-13-14-15-20(21)24-16-19-17-25-26(22,23)18-19/h19H,2-18H2,1H3,(H,22,23). The Labute approximate surface area is 159 Å². The third kappa shape index (κ3) is 12.9. The van der Waals surface area contributed by atoms with Crippen LogP contribution in [0.5, 0.6) is 0 Å². The Morgan fingerprint density at radius 1 is 0.962 bits per heavy atom. The van der Waals surface area contributed by atoms with Crippen molar-refractivity contribution in [1.82, 2.24) is 0 Å². The van der Waals surface area contributed by atoms with E-state index in [2.05, 4.69) is 6.92 Å². The van der Waals surface area contributed by atoms with Gasteiger partial charge in [-0.2, -0.15) is 0 Å². The number of hydrogen-bond acceptors (Lipinski definition) is 4. The van der Waals surface area contributed by atoms with E-state index in [4.69, 9.17) is 9.26 Å². The van der Waals surface area contributed by atoms with Crippen molar-refractivity contribution < 1.29 is 23.5 Å². The minimum atomic E-state index is -3.40. The number of esters is 1. The molecule has 1 N–H and O–H groups in total. The zero-order valence-corrected chi connectivity index (χ0v) is 17.5. The molecule has 0 aliphatic carbocycles. The van der Waals surface area contributed by atoms with E-state index in [0.29, 0.717) is 6.42 Å². The van der Waals surface area contributed by atoms with Gasteiger partial charge in [-0.15, -0.1) is 0 Å². The second-order valence-corrected chi connectivity index (χ2v) is 9.56. The van der Waals surface area contributed by atoms with Crippen molar-refractivity contribution in [2.75, 3.05) is 19.4 Å². The molecular formula is C20H39O5P. The molecule has 6 heteroatoms. The van der Waals surface area contributed by atoms with Crippen molar-refractivity contribution in [1.29, 1.82) is 0 Å². The first kappa shape index (κ1) is 23.7. The second-order valence-electron chi connectivity index (χ2n) is 7.66. The van der Waals surface area contributed by atoms with Crippen LogP contribution in [0, 0.1) is 5.92 Å². The van der Waals surface area contributed by atoms with E-state index in [0.717, 1.165) is 12.8 Å². The minimum absolute atomic E-state index is 0.0962. The summed E-state index contributed by atoms with van der Waals surface area (Å²) in [5.41, 5.74) is 0. The average molecular weight is 391 g/mol. The third-order valence-electron chi connectivity index (χ3n) is 4.97. The fourth-order valence-corrected chi connectivity index (χ4v) is 4.74. The maximum absolute atomic E-state index is 11.7. The quantitative estimate of drug-likeness (QED) is 0.203. The molecule has 0 saturated carbocycles. The van der Waals surface area contributed by atoms with Crippen LogP contribution in [0.25, 0.3) is 0 Å². The molecule has 0 spiro atoms. The molecule has 2 unspecified atom stereocenters. The summed E-state index contributed by atoms with van der Waals surface area (Å²) in [4.78, 5) is 20.9. The predicted octanol–water partition coefficient (Wildman–Crippen LogP) is 5.84. The molecule has 0 amide bonds. The summed E-state index contributed by atoms with van der Waals surface area (Å²) < 4.78 is 21.2. The topological polar surface area (TPSA) is 72.8 Å². The first-order valence-corrected chi connectivity index (χ1v) is 12.4. The van der Waals surface area contributed by atoms with Crippen molar-refractivity contribution in [2.24, 2.45) is 5.92 Å². The van der Waals surface area contributed by atoms with Gasteiger partial charge in [0.25, 0.3) is 0 Å². The van der Waals surface area contributed by atoms with Crippen LogP contribution in [0.4, 0.5) is 0 Å². The van der Waals surface area contributed by atoms with Crippen molar-refractivity contribution in [2.45, 2.75) is 96.8 Å². The highest BCUT2D eigenvalue weighted by Crippen LogP contribution is 2.49. The average Bonchev–Trinajstić information content (AvgIpc) is 2.96. The Morgan fingerprint density at radius 3 is 1.92 bits per heavy atom.